The predicted octanol–water partition coefficient (Wildman–Crippen LogP) is 2.60. The van der Waals surface area contributed by atoms with Crippen molar-refractivity contribution in [2.24, 2.45) is 22.5 Å². The summed E-state index contributed by atoms with van der Waals surface area (Å²) in [6.07, 6.45) is -1.99. The first-order valence-corrected chi connectivity index (χ1v) is 7.00. The number of carbonyl (C=O) groups is 1. The van der Waals surface area contributed by atoms with E-state index >= 15 is 0 Å². The van der Waals surface area contributed by atoms with Gasteiger partial charge in [-0.25, -0.2) is 0 Å². The number of rotatable bonds is 2. The summed E-state index contributed by atoms with van der Waals surface area (Å²) in [5.41, 5.74) is 2.23. The first-order chi connectivity index (χ1) is 8.84. The molecule has 2 fully saturated rings. The number of hydrogen-bond acceptors (Lipinski definition) is 2. The molecule has 116 valence electrons. The average Bonchev–Trinajstić information content (AvgIpc) is 2.60. The van der Waals surface area contributed by atoms with Crippen LogP contribution < -0.4 is 11.1 Å². The largest absolute Gasteiger partial charge is 0.415 e. The molecule has 3 nitrogen and oxygen atoms in total. The molecule has 2 aliphatic carbocycles. The van der Waals surface area contributed by atoms with Crippen molar-refractivity contribution in [2.45, 2.75) is 64.7 Å². The maximum atomic E-state index is 12.8. The van der Waals surface area contributed by atoms with Gasteiger partial charge in [-0.15, -0.1) is 0 Å². The molecule has 0 heterocycles. The number of halogens is 3. The fourth-order valence-electron chi connectivity index (χ4n) is 3.86. The van der Waals surface area contributed by atoms with Crippen molar-refractivity contribution in [3.63, 3.8) is 0 Å². The zero-order valence-corrected chi connectivity index (χ0v) is 12.4. The molecule has 0 radical (unpaired) electrons. The highest BCUT2D eigenvalue weighted by atomic mass is 19.4. The van der Waals surface area contributed by atoms with E-state index in [-0.39, 0.29) is 16.9 Å². The van der Waals surface area contributed by atoms with Gasteiger partial charge in [0.1, 0.15) is 0 Å². The van der Waals surface area contributed by atoms with Crippen LogP contribution in [0.1, 0.15) is 47.0 Å². The Morgan fingerprint density at radius 2 is 1.85 bits per heavy atom. The van der Waals surface area contributed by atoms with Gasteiger partial charge in [0.25, 0.3) is 0 Å². The molecule has 3 N–H and O–H groups in total. The molecule has 2 saturated carbocycles. The van der Waals surface area contributed by atoms with E-state index in [2.05, 4.69) is 26.1 Å². The van der Waals surface area contributed by atoms with E-state index in [1.54, 1.807) is 0 Å². The van der Waals surface area contributed by atoms with Crippen molar-refractivity contribution in [3.05, 3.63) is 0 Å². The van der Waals surface area contributed by atoms with Gasteiger partial charge in [-0.05, 0) is 42.9 Å². The number of nitrogens with two attached hydrogens (primary N) is 1. The van der Waals surface area contributed by atoms with Gasteiger partial charge in [0.2, 0.25) is 5.91 Å². The summed E-state index contributed by atoms with van der Waals surface area (Å²) in [5.74, 6) is -0.674. The van der Waals surface area contributed by atoms with Crippen LogP contribution in [0.5, 0.6) is 0 Å². The second-order valence-corrected chi connectivity index (χ2v) is 7.34. The molecule has 0 aromatic rings. The van der Waals surface area contributed by atoms with Crippen molar-refractivity contribution < 1.29 is 18.0 Å². The molecule has 0 saturated heterocycles. The zero-order chi connectivity index (χ0) is 15.6. The van der Waals surface area contributed by atoms with Crippen molar-refractivity contribution in [1.29, 1.82) is 0 Å². The van der Waals surface area contributed by atoms with Gasteiger partial charge in [0, 0.05) is 6.04 Å². The standard InChI is InChI=1S/C14H23F3N2O/c1-11(2)8-5-6-12(11,3)9(7-8)19-10(20)13(4,18)14(15,16)17/h8-9H,5-7,18H2,1-4H3,(H,19,20). The molecule has 1 amide bonds. The molecular formula is C14H23F3N2O. The van der Waals surface area contributed by atoms with Gasteiger partial charge < -0.3 is 11.1 Å². The Labute approximate surface area is 117 Å². The monoisotopic (exact) mass is 292 g/mol. The summed E-state index contributed by atoms with van der Waals surface area (Å²) in [6, 6.07) is -0.228. The van der Waals surface area contributed by atoms with Gasteiger partial charge in [0.15, 0.2) is 5.54 Å². The molecule has 0 aliphatic heterocycles. The smallest absolute Gasteiger partial charge is 0.351 e. The van der Waals surface area contributed by atoms with Crippen LogP contribution in [0.2, 0.25) is 0 Å². The number of fused-ring (bicyclic) bond motifs is 2. The summed E-state index contributed by atoms with van der Waals surface area (Å²) >= 11 is 0. The topological polar surface area (TPSA) is 55.1 Å². The highest BCUT2D eigenvalue weighted by Gasteiger charge is 2.63. The summed E-state index contributed by atoms with van der Waals surface area (Å²) in [7, 11) is 0. The molecule has 20 heavy (non-hydrogen) atoms. The van der Waals surface area contributed by atoms with E-state index < -0.39 is 17.6 Å². The molecule has 6 heteroatoms. The highest BCUT2D eigenvalue weighted by molar-refractivity contribution is 5.87. The molecule has 2 bridgehead atoms. The summed E-state index contributed by atoms with van der Waals surface area (Å²) < 4.78 is 38.4. The normalized spacial score (nSPS) is 38.6. The van der Waals surface area contributed by atoms with E-state index in [0.717, 1.165) is 26.2 Å². The lowest BCUT2D eigenvalue weighted by Gasteiger charge is -2.40. The Morgan fingerprint density at radius 3 is 2.20 bits per heavy atom. The zero-order valence-electron chi connectivity index (χ0n) is 12.4. The quantitative estimate of drug-likeness (QED) is 0.822. The summed E-state index contributed by atoms with van der Waals surface area (Å²) in [6.45, 7) is 7.07. The number of amides is 1. The molecule has 2 rings (SSSR count). The Morgan fingerprint density at radius 1 is 1.30 bits per heavy atom. The molecule has 4 unspecified atom stereocenters. The van der Waals surface area contributed by atoms with Gasteiger partial charge in [-0.1, -0.05) is 20.8 Å². The lowest BCUT2D eigenvalue weighted by Crippen LogP contribution is -2.64. The third-order valence-electron chi connectivity index (χ3n) is 6.16. The fraction of sp³-hybridized carbons (Fsp3) is 0.929. The second-order valence-electron chi connectivity index (χ2n) is 7.34. The van der Waals surface area contributed by atoms with Crippen LogP contribution in [0.15, 0.2) is 0 Å². The van der Waals surface area contributed by atoms with Gasteiger partial charge in [-0.2, -0.15) is 13.2 Å². The van der Waals surface area contributed by atoms with E-state index in [9.17, 15) is 18.0 Å². The van der Waals surface area contributed by atoms with Gasteiger partial charge in [0.05, 0.1) is 0 Å². The Kier molecular flexibility index (Phi) is 3.21. The van der Waals surface area contributed by atoms with Crippen LogP contribution in [0.25, 0.3) is 0 Å². The summed E-state index contributed by atoms with van der Waals surface area (Å²) in [4.78, 5) is 11.9. The third-order valence-corrected chi connectivity index (χ3v) is 6.16. The minimum Gasteiger partial charge on any atom is -0.351 e. The van der Waals surface area contributed by atoms with Crippen molar-refractivity contribution in [3.8, 4) is 0 Å². The Hall–Kier alpha value is -0.780. The summed E-state index contributed by atoms with van der Waals surface area (Å²) in [5, 5.41) is 2.57. The first-order valence-electron chi connectivity index (χ1n) is 7.00. The molecule has 0 aromatic heterocycles. The number of alkyl halides is 3. The molecular weight excluding hydrogens is 269 g/mol. The van der Waals surface area contributed by atoms with Crippen LogP contribution in [0, 0.1) is 16.7 Å². The van der Waals surface area contributed by atoms with Crippen LogP contribution in [-0.4, -0.2) is 23.7 Å². The highest BCUT2D eigenvalue weighted by Crippen LogP contribution is 2.65. The third kappa shape index (κ3) is 1.87. The number of hydrogen-bond donors (Lipinski definition) is 2. The van der Waals surface area contributed by atoms with Gasteiger partial charge in [-0.3, -0.25) is 4.79 Å². The Balaban J connectivity index is 2.16. The molecule has 4 atom stereocenters. The van der Waals surface area contributed by atoms with Crippen molar-refractivity contribution in [2.75, 3.05) is 0 Å². The van der Waals surface area contributed by atoms with Gasteiger partial charge >= 0.3 is 6.18 Å². The molecule has 2 aliphatic rings. The van der Waals surface area contributed by atoms with Crippen LogP contribution in [-0.2, 0) is 4.79 Å². The second kappa shape index (κ2) is 4.12. The Bertz CT molecular complexity index is 431. The fourth-order valence-corrected chi connectivity index (χ4v) is 3.86. The SMILES string of the molecule is CC(N)(C(=O)NC1CC2CCC1(C)C2(C)C)C(F)(F)F. The van der Waals surface area contributed by atoms with E-state index in [0.29, 0.717) is 5.92 Å². The molecule has 0 aromatic carbocycles. The predicted molar refractivity (Wildman–Crippen MR) is 69.8 cm³/mol. The van der Waals surface area contributed by atoms with Crippen LogP contribution in [0.4, 0.5) is 13.2 Å². The average molecular weight is 292 g/mol. The maximum absolute atomic E-state index is 12.8. The van der Waals surface area contributed by atoms with E-state index in [1.165, 1.54) is 0 Å². The van der Waals surface area contributed by atoms with Crippen LogP contribution in [0.3, 0.4) is 0 Å². The van der Waals surface area contributed by atoms with E-state index in [1.807, 2.05) is 0 Å². The number of carbonyl (C=O) groups excluding carboxylic acids is 1. The number of nitrogens with one attached hydrogen (secondary N) is 1. The lowest BCUT2D eigenvalue weighted by molar-refractivity contribution is -0.188. The minimum absolute atomic E-state index is 0.0359. The first kappa shape index (κ1) is 15.6. The maximum Gasteiger partial charge on any atom is 0.415 e. The lowest BCUT2D eigenvalue weighted by atomic mass is 9.69. The van der Waals surface area contributed by atoms with Crippen LogP contribution >= 0.6 is 0 Å². The molecule has 0 spiro atoms. The minimum atomic E-state index is -4.74. The van der Waals surface area contributed by atoms with Crippen molar-refractivity contribution >= 4 is 5.91 Å². The van der Waals surface area contributed by atoms with E-state index in [4.69, 9.17) is 5.73 Å². The van der Waals surface area contributed by atoms with Crippen molar-refractivity contribution in [1.82, 2.24) is 5.32 Å².